The van der Waals surface area contributed by atoms with Crippen molar-refractivity contribution in [1.29, 1.82) is 0 Å². The third kappa shape index (κ3) is 4.90. The van der Waals surface area contributed by atoms with Gasteiger partial charge in [0.1, 0.15) is 5.00 Å². The summed E-state index contributed by atoms with van der Waals surface area (Å²) in [5.74, 6) is -1.56. The summed E-state index contributed by atoms with van der Waals surface area (Å²) in [6, 6.07) is 9.19. The van der Waals surface area contributed by atoms with Gasteiger partial charge in [0.15, 0.2) is 12.4 Å². The average molecular weight is 469 g/mol. The molecule has 1 aliphatic carbocycles. The van der Waals surface area contributed by atoms with Gasteiger partial charge in [0.2, 0.25) is 5.69 Å². The highest BCUT2D eigenvalue weighted by molar-refractivity contribution is 7.17. The number of nitrogens with one attached hydrogen (secondary N) is 1. The van der Waals surface area contributed by atoms with Crippen LogP contribution in [0.5, 0.6) is 5.75 Å². The van der Waals surface area contributed by atoms with E-state index in [4.69, 9.17) is 15.2 Å². The lowest BCUT2D eigenvalue weighted by molar-refractivity contribution is -0.118. The Hall–Kier alpha value is -3.66. The zero-order valence-corrected chi connectivity index (χ0v) is 18.9. The number of aromatic nitrogens is 2. The topological polar surface area (TPSA) is 126 Å². The number of anilines is 1. The van der Waals surface area contributed by atoms with Gasteiger partial charge in [-0.3, -0.25) is 9.59 Å². The second-order valence-corrected chi connectivity index (χ2v) is 8.56. The van der Waals surface area contributed by atoms with Crippen molar-refractivity contribution in [2.24, 2.45) is 5.73 Å². The van der Waals surface area contributed by atoms with E-state index in [2.05, 4.69) is 10.4 Å². The van der Waals surface area contributed by atoms with Gasteiger partial charge in [0.05, 0.1) is 24.1 Å². The summed E-state index contributed by atoms with van der Waals surface area (Å²) in [5, 5.41) is 7.45. The van der Waals surface area contributed by atoms with Crippen LogP contribution in [0.2, 0.25) is 0 Å². The van der Waals surface area contributed by atoms with Crippen LogP contribution in [0.4, 0.5) is 5.00 Å². The van der Waals surface area contributed by atoms with Crippen LogP contribution in [0.3, 0.4) is 0 Å². The van der Waals surface area contributed by atoms with Gasteiger partial charge in [-0.1, -0.05) is 18.2 Å². The van der Waals surface area contributed by atoms with Crippen molar-refractivity contribution in [1.82, 2.24) is 9.78 Å². The molecule has 0 spiro atoms. The van der Waals surface area contributed by atoms with Gasteiger partial charge in [0, 0.05) is 4.88 Å². The summed E-state index contributed by atoms with van der Waals surface area (Å²) < 4.78 is 12.2. The molecule has 172 valence electrons. The second-order valence-electron chi connectivity index (χ2n) is 7.46. The number of carbonyl (C=O) groups excluding carboxylic acids is 3. The fourth-order valence-corrected chi connectivity index (χ4v) is 5.05. The molecule has 10 heteroatoms. The molecule has 0 saturated carbocycles. The summed E-state index contributed by atoms with van der Waals surface area (Å²) in [4.78, 5) is 38.1. The number of benzene rings is 1. The van der Waals surface area contributed by atoms with Gasteiger partial charge < -0.3 is 20.5 Å². The molecule has 0 unspecified atom stereocenters. The molecular formula is C23H24N4O5S. The van der Waals surface area contributed by atoms with Crippen molar-refractivity contribution >= 4 is 34.1 Å². The Morgan fingerprint density at radius 3 is 2.67 bits per heavy atom. The molecule has 0 fully saturated rings. The molecule has 9 nitrogen and oxygen atoms in total. The van der Waals surface area contributed by atoms with E-state index in [1.165, 1.54) is 22.2 Å². The lowest BCUT2D eigenvalue weighted by Gasteiger charge is -2.11. The number of fused-ring (bicyclic) bond motifs is 1. The number of nitrogens with two attached hydrogens (primary N) is 1. The number of carbonyl (C=O) groups is 3. The largest absolute Gasteiger partial charge is 0.480 e. The molecule has 0 bridgehead atoms. The summed E-state index contributed by atoms with van der Waals surface area (Å²) in [5.41, 5.74) is 7.59. The molecule has 1 aliphatic rings. The first-order chi connectivity index (χ1) is 16.0. The molecule has 0 aliphatic heterocycles. The predicted octanol–water partition coefficient (Wildman–Crippen LogP) is 3.11. The minimum Gasteiger partial charge on any atom is -0.480 e. The minimum absolute atomic E-state index is 0.0297. The van der Waals surface area contributed by atoms with Crippen molar-refractivity contribution in [2.45, 2.75) is 32.6 Å². The number of aryl methyl sites for hydroxylation is 1. The second kappa shape index (κ2) is 9.86. The number of rotatable bonds is 8. The predicted molar refractivity (Wildman–Crippen MR) is 123 cm³/mol. The average Bonchev–Trinajstić information content (AvgIpc) is 3.40. The highest BCUT2D eigenvalue weighted by Gasteiger charge is 2.26. The number of para-hydroxylation sites is 1. The van der Waals surface area contributed by atoms with Crippen molar-refractivity contribution < 1.29 is 23.9 Å². The monoisotopic (exact) mass is 468 g/mol. The minimum atomic E-state index is -0.649. The van der Waals surface area contributed by atoms with Crippen LogP contribution in [0.15, 0.2) is 36.5 Å². The lowest BCUT2D eigenvalue weighted by Crippen LogP contribution is -2.23. The highest BCUT2D eigenvalue weighted by atomic mass is 32.1. The fraction of sp³-hybridized carbons (Fsp3) is 0.304. The molecule has 0 saturated heterocycles. The summed E-state index contributed by atoms with van der Waals surface area (Å²) in [6.07, 6.45) is 5.20. The van der Waals surface area contributed by atoms with E-state index in [1.54, 1.807) is 6.92 Å². The highest BCUT2D eigenvalue weighted by Crippen LogP contribution is 2.37. The van der Waals surface area contributed by atoms with Crippen LogP contribution in [-0.2, 0) is 22.4 Å². The van der Waals surface area contributed by atoms with Gasteiger partial charge in [-0.25, -0.2) is 9.48 Å². The first-order valence-corrected chi connectivity index (χ1v) is 11.5. The Bertz CT molecular complexity index is 1190. The maximum absolute atomic E-state index is 12.6. The number of ether oxygens (including phenoxy) is 2. The first kappa shape index (κ1) is 22.5. The van der Waals surface area contributed by atoms with Crippen LogP contribution < -0.4 is 15.8 Å². The SMILES string of the molecule is CCOC(=O)c1nn(-c2ccccc2)cc1OCC(=O)Nc1sc2c(c1C(N)=O)CCCC2. The smallest absolute Gasteiger partial charge is 0.362 e. The normalized spacial score (nSPS) is 12.6. The quantitative estimate of drug-likeness (QED) is 0.489. The number of primary amides is 1. The van der Waals surface area contributed by atoms with E-state index >= 15 is 0 Å². The van der Waals surface area contributed by atoms with Crippen molar-refractivity contribution in [3.8, 4) is 11.4 Å². The van der Waals surface area contributed by atoms with Gasteiger partial charge in [-0.2, -0.15) is 5.10 Å². The summed E-state index contributed by atoms with van der Waals surface area (Å²) in [6.45, 7) is 1.49. The molecular weight excluding hydrogens is 444 g/mol. The zero-order valence-electron chi connectivity index (χ0n) is 18.1. The summed E-state index contributed by atoms with van der Waals surface area (Å²) in [7, 11) is 0. The number of thiophene rings is 1. The Labute approximate surface area is 194 Å². The van der Waals surface area contributed by atoms with Crippen molar-refractivity contribution in [3.05, 3.63) is 58.2 Å². The zero-order chi connectivity index (χ0) is 23.4. The Balaban J connectivity index is 1.51. The Morgan fingerprint density at radius 2 is 1.94 bits per heavy atom. The van der Waals surface area contributed by atoms with E-state index in [1.807, 2.05) is 30.3 Å². The number of esters is 1. The molecule has 0 atom stereocenters. The van der Waals surface area contributed by atoms with E-state index in [0.29, 0.717) is 10.6 Å². The molecule has 1 aromatic carbocycles. The molecule has 0 radical (unpaired) electrons. The molecule has 2 amide bonds. The standard InChI is InChI=1S/C23H24N4O5S/c1-2-31-23(30)20-16(12-27(26-20)14-8-4-3-5-9-14)32-13-18(28)25-22-19(21(24)29)15-10-6-7-11-17(15)33-22/h3-5,8-9,12H,2,6-7,10-11,13H2,1H3,(H2,24,29)(H,25,28). The maximum atomic E-state index is 12.6. The molecule has 2 heterocycles. The third-order valence-corrected chi connectivity index (χ3v) is 6.41. The Kier molecular flexibility index (Phi) is 6.74. The number of nitrogens with zero attached hydrogens (tertiary/aromatic N) is 2. The number of hydrogen-bond donors (Lipinski definition) is 2. The molecule has 4 rings (SSSR count). The fourth-order valence-electron chi connectivity index (χ4n) is 3.74. The van der Waals surface area contributed by atoms with E-state index in [0.717, 1.165) is 41.8 Å². The van der Waals surface area contributed by atoms with Gasteiger partial charge in [-0.15, -0.1) is 11.3 Å². The van der Waals surface area contributed by atoms with Gasteiger partial charge in [0.25, 0.3) is 11.8 Å². The van der Waals surface area contributed by atoms with Crippen molar-refractivity contribution in [2.75, 3.05) is 18.5 Å². The van der Waals surface area contributed by atoms with Crippen LogP contribution in [0, 0.1) is 0 Å². The van der Waals surface area contributed by atoms with Crippen LogP contribution >= 0.6 is 11.3 Å². The number of amides is 2. The van der Waals surface area contributed by atoms with Gasteiger partial charge >= 0.3 is 5.97 Å². The van der Waals surface area contributed by atoms with E-state index < -0.39 is 17.8 Å². The first-order valence-electron chi connectivity index (χ1n) is 10.7. The van der Waals surface area contributed by atoms with Crippen LogP contribution in [-0.4, -0.2) is 40.8 Å². The molecule has 3 aromatic rings. The van der Waals surface area contributed by atoms with E-state index in [-0.39, 0.29) is 24.7 Å². The molecule has 33 heavy (non-hydrogen) atoms. The lowest BCUT2D eigenvalue weighted by atomic mass is 9.95. The molecule has 3 N–H and O–H groups in total. The van der Waals surface area contributed by atoms with Crippen LogP contribution in [0.25, 0.3) is 5.69 Å². The van der Waals surface area contributed by atoms with Gasteiger partial charge in [-0.05, 0) is 50.3 Å². The molecule has 2 aromatic heterocycles. The van der Waals surface area contributed by atoms with E-state index in [9.17, 15) is 14.4 Å². The summed E-state index contributed by atoms with van der Waals surface area (Å²) >= 11 is 1.38. The maximum Gasteiger partial charge on any atom is 0.362 e. The Morgan fingerprint density at radius 1 is 1.18 bits per heavy atom. The third-order valence-electron chi connectivity index (χ3n) is 5.20. The number of hydrogen-bond acceptors (Lipinski definition) is 7. The van der Waals surface area contributed by atoms with Crippen LogP contribution in [0.1, 0.15) is 51.1 Å². The van der Waals surface area contributed by atoms with Crippen molar-refractivity contribution in [3.63, 3.8) is 0 Å².